The number of nitriles is 1. The monoisotopic (exact) mass is 1490 g/mol. The van der Waals surface area contributed by atoms with Crippen LogP contribution in [0, 0.1) is 41.9 Å². The lowest BCUT2D eigenvalue weighted by Gasteiger charge is -2.33. The molecule has 7 N–H and O–H groups in total. The van der Waals surface area contributed by atoms with Gasteiger partial charge in [0.15, 0.2) is 17.1 Å². The van der Waals surface area contributed by atoms with E-state index in [1.54, 1.807) is 158 Å². The van der Waals surface area contributed by atoms with Crippen LogP contribution in [0.3, 0.4) is 0 Å². The van der Waals surface area contributed by atoms with Crippen molar-refractivity contribution in [1.82, 2.24) is 29.8 Å². The van der Waals surface area contributed by atoms with Crippen molar-refractivity contribution in [2.24, 2.45) is 11.5 Å². The molecule has 3 saturated heterocycles. The average molecular weight is 1500 g/mol. The molecule has 0 radical (unpaired) electrons. The zero-order valence-corrected chi connectivity index (χ0v) is 60.6. The smallest absolute Gasteiger partial charge is 0.312 e. The first kappa shape index (κ1) is 82.3. The molecule has 0 bridgehead atoms. The number of piperazine rings is 3. The van der Waals surface area contributed by atoms with E-state index < -0.39 is 35.4 Å². The zero-order chi connectivity index (χ0) is 75.4. The summed E-state index contributed by atoms with van der Waals surface area (Å²) in [6, 6.07) is 44.2. The first-order valence-corrected chi connectivity index (χ1v) is 36.0. The van der Waals surface area contributed by atoms with E-state index >= 15 is 0 Å². The van der Waals surface area contributed by atoms with Gasteiger partial charge in [0.1, 0.15) is 46.2 Å². The molecule has 3 fully saturated rings. The molecule has 26 nitrogen and oxygen atoms in total. The largest absolute Gasteiger partial charge is 0.494 e. The van der Waals surface area contributed by atoms with Gasteiger partial charge in [-0.2, -0.15) is 5.26 Å². The number of unbranched alkanes of at least 4 members (excludes halogenated alkanes) is 6. The predicted octanol–water partition coefficient (Wildman–Crippen LogP) is 10.9. The van der Waals surface area contributed by atoms with E-state index in [1.165, 1.54) is 0 Å². The fraction of sp³-hybridized carbons (Fsp3) is 0.385. The molecule has 27 heteroatoms. The third-order valence-electron chi connectivity index (χ3n) is 16.4. The van der Waals surface area contributed by atoms with Crippen molar-refractivity contribution >= 4 is 80.1 Å². The molecular formula is C78H91BrN14O12. The lowest BCUT2D eigenvalue weighted by molar-refractivity contribution is -0.156. The highest BCUT2D eigenvalue weighted by Gasteiger charge is 2.33. The molecule has 3 aliphatic rings. The Morgan fingerprint density at radius 2 is 0.638 bits per heavy atom. The lowest BCUT2D eigenvalue weighted by Crippen LogP contribution is -2.54. The molecule has 6 amide bonds. The Labute approximate surface area is 622 Å². The number of rotatable bonds is 37. The normalized spacial score (nSPS) is 13.1. The fourth-order valence-corrected chi connectivity index (χ4v) is 10.8. The third kappa shape index (κ3) is 30.0. The van der Waals surface area contributed by atoms with Crippen LogP contribution in [-0.4, -0.2) is 189 Å². The molecule has 552 valence electrons. The summed E-state index contributed by atoms with van der Waals surface area (Å²) in [5, 5.41) is 27.1. The van der Waals surface area contributed by atoms with Gasteiger partial charge in [0, 0.05) is 88.4 Å². The number of nitrogens with zero attached hydrogens (tertiary/aromatic N) is 9. The van der Waals surface area contributed by atoms with Crippen molar-refractivity contribution in [3.8, 4) is 40.6 Å². The van der Waals surface area contributed by atoms with Crippen molar-refractivity contribution in [3.63, 3.8) is 0 Å². The van der Waals surface area contributed by atoms with Crippen LogP contribution in [0.15, 0.2) is 146 Å². The summed E-state index contributed by atoms with van der Waals surface area (Å²) in [6.07, 6.45) is 9.82. The number of halogens is 1. The number of amidine groups is 2. The molecule has 0 unspecified atom stereocenters. The zero-order valence-electron chi connectivity index (χ0n) is 59.0. The number of nitrogens with one attached hydrogen (secondary N) is 3. The number of carbonyl (C=O) groups is 6. The van der Waals surface area contributed by atoms with Crippen LogP contribution in [-0.2, 0) is 28.8 Å². The van der Waals surface area contributed by atoms with Crippen molar-refractivity contribution in [1.29, 1.82) is 16.1 Å². The van der Waals surface area contributed by atoms with Crippen LogP contribution in [0.25, 0.3) is 14.5 Å². The molecule has 0 saturated carbocycles. The summed E-state index contributed by atoms with van der Waals surface area (Å²) in [7, 11) is 0. The Hall–Kier alpha value is -11.7. The van der Waals surface area contributed by atoms with Gasteiger partial charge in [0.05, 0.1) is 71.0 Å². The lowest BCUT2D eigenvalue weighted by atomic mass is 10.2. The first-order chi connectivity index (χ1) is 51.0. The van der Waals surface area contributed by atoms with E-state index in [2.05, 4.69) is 41.9 Å². The minimum atomic E-state index is -0.516. The van der Waals surface area contributed by atoms with Crippen molar-refractivity contribution in [2.75, 3.05) is 117 Å². The topological polar surface area (TPSA) is 323 Å². The number of amides is 6. The molecule has 0 spiro atoms. The van der Waals surface area contributed by atoms with Gasteiger partial charge in [-0.3, -0.25) is 39.6 Å². The quantitative estimate of drug-likeness (QED) is 0.00604. The first-order valence-electron chi connectivity index (χ1n) is 34.9. The molecule has 6 aromatic carbocycles. The second kappa shape index (κ2) is 46.8. The maximum atomic E-state index is 12.5. The number of ether oxygens (including phenoxy) is 6. The molecular weight excluding hydrogens is 1400 g/mol. The number of carbonyl (C=O) groups excluding carboxylic acids is 6. The Morgan fingerprint density at radius 3 is 0.886 bits per heavy atom. The fourth-order valence-electron chi connectivity index (χ4n) is 10.4. The van der Waals surface area contributed by atoms with Crippen molar-refractivity contribution < 1.29 is 57.2 Å². The Balaban J connectivity index is 0.000000232. The number of alkyl halides is 1. The minimum absolute atomic E-state index is 0.0174. The van der Waals surface area contributed by atoms with Gasteiger partial charge in [0.25, 0.3) is 0 Å². The summed E-state index contributed by atoms with van der Waals surface area (Å²) >= 11 is 3.37. The number of hydrogen-bond acceptors (Lipinski definition) is 15. The summed E-state index contributed by atoms with van der Waals surface area (Å²) in [4.78, 5) is 90.6. The molecule has 6 aromatic rings. The number of benzene rings is 6. The Kier molecular flexibility index (Phi) is 36.6. The van der Waals surface area contributed by atoms with E-state index in [-0.39, 0.29) is 11.7 Å². The SMILES string of the molecule is N=C(N)c1ccc(OCCCCN2CCN(CCCCOc3ccc(C(=N)N)cc3)C(=O)C2=O)cc1.[C-]#[N+]c1ccc(OCCCCBr)cc1.[C-]#[N+]c1ccc(OCCCCN2CCN(CCCCOc3ccc(C#N)cc3)C(=O)C2=O)cc1.[C-]#[N+]c1ccc(OCCCCN2CCNC(=O)C2=O)cc1. The minimum Gasteiger partial charge on any atom is -0.494 e. The molecule has 3 heterocycles. The number of nitrogens with two attached hydrogens (primary N) is 2. The molecule has 105 heavy (non-hydrogen) atoms. The van der Waals surface area contributed by atoms with Gasteiger partial charge in [-0.15, -0.1) is 0 Å². The molecule has 3 aliphatic heterocycles. The predicted molar refractivity (Wildman–Crippen MR) is 402 cm³/mol. The van der Waals surface area contributed by atoms with E-state index in [4.69, 9.17) is 75.7 Å². The van der Waals surface area contributed by atoms with Gasteiger partial charge in [-0.25, -0.2) is 14.5 Å². The van der Waals surface area contributed by atoms with Gasteiger partial charge in [-0.1, -0.05) is 52.3 Å². The van der Waals surface area contributed by atoms with Crippen LogP contribution >= 0.6 is 15.9 Å². The average Bonchev–Trinajstić information content (AvgIpc) is 0.841. The van der Waals surface area contributed by atoms with Crippen LogP contribution in [0.2, 0.25) is 0 Å². The highest BCUT2D eigenvalue weighted by Crippen LogP contribution is 2.22. The summed E-state index contributed by atoms with van der Waals surface area (Å²) in [6.45, 7) is 29.9. The summed E-state index contributed by atoms with van der Waals surface area (Å²) < 4.78 is 33.7. The van der Waals surface area contributed by atoms with Crippen LogP contribution in [0.4, 0.5) is 17.1 Å². The van der Waals surface area contributed by atoms with Crippen molar-refractivity contribution in [2.45, 2.75) is 77.0 Å². The van der Waals surface area contributed by atoms with Gasteiger partial charge in [0.2, 0.25) is 0 Å². The Morgan fingerprint density at radius 1 is 0.390 bits per heavy atom. The second-order valence-electron chi connectivity index (χ2n) is 24.1. The Bertz CT molecular complexity index is 3740. The molecule has 9 rings (SSSR count). The van der Waals surface area contributed by atoms with Gasteiger partial charge >= 0.3 is 35.4 Å². The highest BCUT2D eigenvalue weighted by atomic mass is 79.9. The summed E-state index contributed by atoms with van der Waals surface area (Å²) in [5.41, 5.74) is 14.6. The maximum absolute atomic E-state index is 12.5. The molecule has 0 aromatic heterocycles. The van der Waals surface area contributed by atoms with Gasteiger partial charge < -0.3 is 69.7 Å². The van der Waals surface area contributed by atoms with E-state index in [0.29, 0.717) is 156 Å². The third-order valence-corrected chi connectivity index (χ3v) is 17.0. The van der Waals surface area contributed by atoms with Crippen LogP contribution in [0.5, 0.6) is 34.5 Å². The van der Waals surface area contributed by atoms with Crippen LogP contribution in [0.1, 0.15) is 93.7 Å². The van der Waals surface area contributed by atoms with Crippen LogP contribution < -0.4 is 45.2 Å². The van der Waals surface area contributed by atoms with Gasteiger partial charge in [-0.05, 0) is 186 Å². The van der Waals surface area contributed by atoms with E-state index in [0.717, 1.165) is 106 Å². The standard InChI is InChI=1S/C26H34N6O4.C26H28N4O4.C15H17N3O3.C11H12BrNO/c27-23(28)19-5-9-21(10-6-19)35-17-3-1-13-31-15-16-32(26(34)25(31)33)14-2-4-18-36-22-11-7-20(8-12-22)24(29)30;1-28-22-8-12-24(13-9-22)34-19-5-3-15-30-17-16-29(25(31)26(30)32)14-2-4-18-33-23-10-6-21(20-27)7-11-23;1-16-12-4-6-13(7-5-12)21-11-3-2-9-18-10-8-17-14(19)15(18)20;1-13-10-4-6-11(7-5-10)14-9-3-2-8-12/h5-12H,1-4,13-18H2,(H3,27,28)(H3,29,30);6-13H,2-5,14-19H2;4-7H,2-3,8-11H2,(H,17,19);4-7H,2-3,8-9H2. The number of nitrogen functional groups attached to an aromatic ring is 2. The summed E-state index contributed by atoms with van der Waals surface area (Å²) in [5.74, 6) is 1.73. The molecule has 0 aliphatic carbocycles. The second-order valence-corrected chi connectivity index (χ2v) is 24.9. The maximum Gasteiger partial charge on any atom is 0.312 e. The van der Waals surface area contributed by atoms with E-state index in [9.17, 15) is 28.8 Å². The number of hydrogen-bond donors (Lipinski definition) is 5. The highest BCUT2D eigenvalue weighted by molar-refractivity contribution is 9.09. The van der Waals surface area contributed by atoms with Crippen molar-refractivity contribution in [3.05, 3.63) is 197 Å². The van der Waals surface area contributed by atoms with E-state index in [1.807, 2.05) is 12.1 Å². The molecule has 0 atom stereocenters.